The maximum atomic E-state index is 10.8. The number of amides is 1. The third-order valence-corrected chi connectivity index (χ3v) is 2.28. The number of cyclic esters (lactones) is 1. The quantitative estimate of drug-likeness (QED) is 0.749. The Balaban J connectivity index is 2.26. The first kappa shape index (κ1) is 8.38. The van der Waals surface area contributed by atoms with Gasteiger partial charge in [0, 0.05) is 10.6 Å². The molecular formula is C9H8ClNO2. The highest BCUT2D eigenvalue weighted by molar-refractivity contribution is 6.31. The lowest BCUT2D eigenvalue weighted by Gasteiger charge is -2.08. The highest BCUT2D eigenvalue weighted by Gasteiger charge is 2.25. The van der Waals surface area contributed by atoms with Crippen LogP contribution in [0.1, 0.15) is 11.7 Å². The fraction of sp³-hybridized carbons (Fsp3) is 0.222. The predicted octanol–water partition coefficient (Wildman–Crippen LogP) is 2.12. The van der Waals surface area contributed by atoms with Crippen molar-refractivity contribution >= 4 is 17.7 Å². The van der Waals surface area contributed by atoms with Crippen molar-refractivity contribution in [3.05, 3.63) is 34.9 Å². The lowest BCUT2D eigenvalue weighted by Crippen LogP contribution is -2.12. The Morgan fingerprint density at radius 3 is 2.85 bits per heavy atom. The van der Waals surface area contributed by atoms with Crippen molar-refractivity contribution in [1.82, 2.24) is 5.32 Å². The Bertz CT molecular complexity index is 340. The Labute approximate surface area is 80.6 Å². The number of alkyl carbamates (subject to hydrolysis) is 1. The Kier molecular flexibility index (Phi) is 2.10. The van der Waals surface area contributed by atoms with Gasteiger partial charge in [0.1, 0.15) is 6.10 Å². The maximum absolute atomic E-state index is 10.8. The number of benzene rings is 1. The molecule has 0 aromatic heterocycles. The second-order valence-electron chi connectivity index (χ2n) is 2.80. The van der Waals surface area contributed by atoms with Crippen LogP contribution in [0.25, 0.3) is 0 Å². The number of carbonyl (C=O) groups excluding carboxylic acids is 1. The van der Waals surface area contributed by atoms with Crippen LogP contribution in [0.4, 0.5) is 4.79 Å². The van der Waals surface area contributed by atoms with E-state index >= 15 is 0 Å². The van der Waals surface area contributed by atoms with Gasteiger partial charge in [-0.05, 0) is 6.07 Å². The normalized spacial score (nSPS) is 21.0. The van der Waals surface area contributed by atoms with E-state index in [0.717, 1.165) is 5.56 Å². The number of hydrogen-bond donors (Lipinski definition) is 1. The molecule has 1 heterocycles. The SMILES string of the molecule is O=C1NCC(c2ccccc2Cl)O1. The number of nitrogens with one attached hydrogen (secondary N) is 1. The lowest BCUT2D eigenvalue weighted by molar-refractivity contribution is 0.141. The summed E-state index contributed by atoms with van der Waals surface area (Å²) in [5, 5.41) is 3.20. The first-order valence-corrected chi connectivity index (χ1v) is 4.34. The Morgan fingerprint density at radius 2 is 2.23 bits per heavy atom. The molecule has 1 N–H and O–H groups in total. The van der Waals surface area contributed by atoms with Crippen molar-refractivity contribution in [2.75, 3.05) is 6.54 Å². The molecule has 2 rings (SSSR count). The minimum Gasteiger partial charge on any atom is -0.439 e. The predicted molar refractivity (Wildman–Crippen MR) is 48.7 cm³/mol. The van der Waals surface area contributed by atoms with Gasteiger partial charge in [0.15, 0.2) is 0 Å². The number of carbonyl (C=O) groups is 1. The van der Waals surface area contributed by atoms with Crippen molar-refractivity contribution in [2.24, 2.45) is 0 Å². The van der Waals surface area contributed by atoms with E-state index in [9.17, 15) is 4.79 Å². The summed E-state index contributed by atoms with van der Waals surface area (Å²) in [7, 11) is 0. The van der Waals surface area contributed by atoms with Gasteiger partial charge in [-0.25, -0.2) is 4.79 Å². The summed E-state index contributed by atoms with van der Waals surface area (Å²) in [6.45, 7) is 0.489. The largest absolute Gasteiger partial charge is 0.439 e. The summed E-state index contributed by atoms with van der Waals surface area (Å²) in [5.74, 6) is 0. The van der Waals surface area contributed by atoms with E-state index in [0.29, 0.717) is 11.6 Å². The van der Waals surface area contributed by atoms with Gasteiger partial charge in [0.05, 0.1) is 6.54 Å². The Hall–Kier alpha value is -1.22. The van der Waals surface area contributed by atoms with E-state index < -0.39 is 0 Å². The summed E-state index contributed by atoms with van der Waals surface area (Å²) in [5.41, 5.74) is 0.850. The van der Waals surface area contributed by atoms with Crippen LogP contribution < -0.4 is 5.32 Å². The molecule has 1 atom stereocenters. The van der Waals surface area contributed by atoms with E-state index in [-0.39, 0.29) is 12.2 Å². The van der Waals surface area contributed by atoms with E-state index in [1.54, 1.807) is 6.07 Å². The van der Waals surface area contributed by atoms with Crippen LogP contribution in [0.15, 0.2) is 24.3 Å². The third kappa shape index (κ3) is 1.60. The van der Waals surface area contributed by atoms with Gasteiger partial charge in [-0.2, -0.15) is 0 Å². The molecule has 0 saturated carbocycles. The second-order valence-corrected chi connectivity index (χ2v) is 3.20. The second kappa shape index (κ2) is 3.26. The molecular weight excluding hydrogens is 190 g/mol. The Morgan fingerprint density at radius 1 is 1.46 bits per heavy atom. The van der Waals surface area contributed by atoms with Crippen LogP contribution in [0.5, 0.6) is 0 Å². The van der Waals surface area contributed by atoms with Gasteiger partial charge in [0.25, 0.3) is 0 Å². The average Bonchev–Trinajstić information content (AvgIpc) is 2.53. The highest BCUT2D eigenvalue weighted by atomic mass is 35.5. The molecule has 68 valence electrons. The van der Waals surface area contributed by atoms with Crippen LogP contribution in [-0.4, -0.2) is 12.6 Å². The van der Waals surface area contributed by atoms with E-state index in [1.807, 2.05) is 18.2 Å². The smallest absolute Gasteiger partial charge is 0.407 e. The summed E-state index contributed by atoms with van der Waals surface area (Å²) >= 11 is 5.93. The number of rotatable bonds is 1. The summed E-state index contributed by atoms with van der Waals surface area (Å²) in [4.78, 5) is 10.8. The molecule has 13 heavy (non-hydrogen) atoms. The zero-order chi connectivity index (χ0) is 9.26. The summed E-state index contributed by atoms with van der Waals surface area (Å²) in [6, 6.07) is 7.35. The number of hydrogen-bond acceptors (Lipinski definition) is 2. The maximum Gasteiger partial charge on any atom is 0.407 e. The van der Waals surface area contributed by atoms with E-state index in [1.165, 1.54) is 0 Å². The molecule has 1 aliphatic rings. The molecule has 1 amide bonds. The van der Waals surface area contributed by atoms with Crippen molar-refractivity contribution < 1.29 is 9.53 Å². The molecule has 0 bridgehead atoms. The third-order valence-electron chi connectivity index (χ3n) is 1.93. The van der Waals surface area contributed by atoms with Crippen molar-refractivity contribution in [1.29, 1.82) is 0 Å². The van der Waals surface area contributed by atoms with Crippen LogP contribution in [0, 0.1) is 0 Å². The molecule has 1 unspecified atom stereocenters. The van der Waals surface area contributed by atoms with Crippen LogP contribution >= 0.6 is 11.6 Å². The van der Waals surface area contributed by atoms with Crippen LogP contribution in [0.3, 0.4) is 0 Å². The van der Waals surface area contributed by atoms with E-state index in [2.05, 4.69) is 5.32 Å². The lowest BCUT2D eigenvalue weighted by atomic mass is 10.1. The van der Waals surface area contributed by atoms with E-state index in [4.69, 9.17) is 16.3 Å². The molecule has 1 saturated heterocycles. The first-order valence-electron chi connectivity index (χ1n) is 3.96. The molecule has 4 heteroatoms. The van der Waals surface area contributed by atoms with Crippen LogP contribution in [0.2, 0.25) is 5.02 Å². The first-order chi connectivity index (χ1) is 6.27. The van der Waals surface area contributed by atoms with Crippen molar-refractivity contribution in [3.63, 3.8) is 0 Å². The molecule has 1 aliphatic heterocycles. The zero-order valence-electron chi connectivity index (χ0n) is 6.79. The van der Waals surface area contributed by atoms with Gasteiger partial charge >= 0.3 is 6.09 Å². The molecule has 1 aromatic carbocycles. The molecule has 0 radical (unpaired) electrons. The summed E-state index contributed by atoms with van der Waals surface area (Å²) in [6.07, 6.45) is -0.633. The zero-order valence-corrected chi connectivity index (χ0v) is 7.54. The fourth-order valence-corrected chi connectivity index (χ4v) is 1.56. The van der Waals surface area contributed by atoms with Gasteiger partial charge < -0.3 is 10.1 Å². The van der Waals surface area contributed by atoms with Crippen LogP contribution in [-0.2, 0) is 4.74 Å². The summed E-state index contributed by atoms with van der Waals surface area (Å²) < 4.78 is 4.99. The van der Waals surface area contributed by atoms with Crippen molar-refractivity contribution in [3.8, 4) is 0 Å². The van der Waals surface area contributed by atoms with Gasteiger partial charge in [-0.3, -0.25) is 0 Å². The minimum atomic E-state index is -0.384. The van der Waals surface area contributed by atoms with Gasteiger partial charge in [-0.1, -0.05) is 29.8 Å². The molecule has 3 nitrogen and oxygen atoms in total. The fourth-order valence-electron chi connectivity index (χ4n) is 1.30. The molecule has 0 spiro atoms. The molecule has 1 fully saturated rings. The highest BCUT2D eigenvalue weighted by Crippen LogP contribution is 2.27. The topological polar surface area (TPSA) is 38.3 Å². The molecule has 0 aliphatic carbocycles. The monoisotopic (exact) mass is 197 g/mol. The van der Waals surface area contributed by atoms with Gasteiger partial charge in [0.2, 0.25) is 0 Å². The minimum absolute atomic E-state index is 0.249. The standard InChI is InChI=1S/C9H8ClNO2/c10-7-4-2-1-3-6(7)8-5-11-9(12)13-8/h1-4,8H,5H2,(H,11,12). The molecule has 1 aromatic rings. The average molecular weight is 198 g/mol. The van der Waals surface area contributed by atoms with Crippen molar-refractivity contribution in [2.45, 2.75) is 6.10 Å². The number of ether oxygens (including phenoxy) is 1. The van der Waals surface area contributed by atoms with Gasteiger partial charge in [-0.15, -0.1) is 0 Å². The number of halogens is 1.